The van der Waals surface area contributed by atoms with Crippen molar-refractivity contribution >= 4 is 23.4 Å². The number of carbonyl (C=O) groups is 1. The number of amides is 1. The average molecular weight is 330 g/mol. The van der Waals surface area contributed by atoms with Gasteiger partial charge < -0.3 is 5.32 Å². The summed E-state index contributed by atoms with van der Waals surface area (Å²) in [7, 11) is 1.72. The summed E-state index contributed by atoms with van der Waals surface area (Å²) >= 11 is 1.27. The molecule has 3 rings (SSSR count). The number of aromatic nitrogens is 7. The molecule has 0 fully saturated rings. The largest absolute Gasteiger partial charge is 0.324 e. The number of aryl methyl sites for hydroxylation is 2. The van der Waals surface area contributed by atoms with E-state index in [1.165, 1.54) is 16.4 Å². The summed E-state index contributed by atoms with van der Waals surface area (Å²) in [6, 6.07) is 3.62. The van der Waals surface area contributed by atoms with Crippen LogP contribution in [0.25, 0.3) is 5.82 Å². The summed E-state index contributed by atoms with van der Waals surface area (Å²) in [6.07, 6.45) is 5.16. The van der Waals surface area contributed by atoms with Gasteiger partial charge in [-0.3, -0.25) is 9.36 Å². The highest BCUT2D eigenvalue weighted by Gasteiger charge is 2.08. The van der Waals surface area contributed by atoms with E-state index in [4.69, 9.17) is 0 Å². The summed E-state index contributed by atoms with van der Waals surface area (Å²) < 4.78 is 3.38. The van der Waals surface area contributed by atoms with Crippen molar-refractivity contribution in [3.63, 3.8) is 0 Å². The Bertz CT molecular complexity index is 810. The molecule has 1 amide bonds. The van der Waals surface area contributed by atoms with Gasteiger partial charge in [0, 0.05) is 19.4 Å². The molecule has 3 aromatic rings. The number of rotatable bonds is 5. The smallest absolute Gasteiger partial charge is 0.234 e. The molecular formula is C13H14N8OS. The maximum atomic E-state index is 11.9. The van der Waals surface area contributed by atoms with E-state index in [1.807, 2.05) is 23.8 Å². The lowest BCUT2D eigenvalue weighted by Gasteiger charge is -2.07. The number of carbonyl (C=O) groups excluding carboxylic acids is 1. The minimum Gasteiger partial charge on any atom is -0.324 e. The maximum Gasteiger partial charge on any atom is 0.234 e. The van der Waals surface area contributed by atoms with E-state index >= 15 is 0 Å². The Hall–Kier alpha value is -2.75. The molecule has 0 aliphatic carbocycles. The molecule has 10 heteroatoms. The molecule has 0 aromatic carbocycles. The zero-order chi connectivity index (χ0) is 16.2. The van der Waals surface area contributed by atoms with Crippen molar-refractivity contribution in [1.29, 1.82) is 0 Å². The number of nitrogens with one attached hydrogen (secondary N) is 1. The third kappa shape index (κ3) is 3.54. The normalized spacial score (nSPS) is 10.7. The van der Waals surface area contributed by atoms with Crippen LogP contribution in [0.2, 0.25) is 0 Å². The Morgan fingerprint density at radius 2 is 2.22 bits per heavy atom. The van der Waals surface area contributed by atoms with Crippen molar-refractivity contribution in [1.82, 2.24) is 34.7 Å². The van der Waals surface area contributed by atoms with Crippen LogP contribution in [-0.2, 0) is 11.8 Å². The van der Waals surface area contributed by atoms with Crippen molar-refractivity contribution < 1.29 is 4.79 Å². The maximum absolute atomic E-state index is 11.9. The van der Waals surface area contributed by atoms with Gasteiger partial charge in [0.15, 0.2) is 0 Å². The molecule has 0 saturated heterocycles. The summed E-state index contributed by atoms with van der Waals surface area (Å²) in [5, 5.41) is 14.4. The van der Waals surface area contributed by atoms with Crippen LogP contribution >= 0.6 is 11.8 Å². The van der Waals surface area contributed by atoms with Crippen LogP contribution in [0.5, 0.6) is 0 Å². The lowest BCUT2D eigenvalue weighted by molar-refractivity contribution is -0.113. The third-order valence-electron chi connectivity index (χ3n) is 3.02. The molecular weight excluding hydrogens is 316 g/mol. The van der Waals surface area contributed by atoms with Gasteiger partial charge in [0.2, 0.25) is 11.1 Å². The number of pyridine rings is 1. The lowest BCUT2D eigenvalue weighted by Crippen LogP contribution is -2.15. The summed E-state index contributed by atoms with van der Waals surface area (Å²) in [5.74, 6) is 1.67. The highest BCUT2D eigenvalue weighted by molar-refractivity contribution is 7.99. The van der Waals surface area contributed by atoms with Gasteiger partial charge in [-0.05, 0) is 29.5 Å². The quantitative estimate of drug-likeness (QED) is 0.691. The highest BCUT2D eigenvalue weighted by atomic mass is 32.2. The average Bonchev–Trinajstić information content (AvgIpc) is 3.14. The molecule has 3 aromatic heterocycles. The van der Waals surface area contributed by atoms with Crippen LogP contribution in [0.3, 0.4) is 0 Å². The van der Waals surface area contributed by atoms with E-state index in [0.717, 1.165) is 11.6 Å². The zero-order valence-corrected chi connectivity index (χ0v) is 13.4. The Balaban J connectivity index is 1.59. The Morgan fingerprint density at radius 1 is 1.35 bits per heavy atom. The van der Waals surface area contributed by atoms with E-state index in [1.54, 1.807) is 25.5 Å². The summed E-state index contributed by atoms with van der Waals surface area (Å²) in [6.45, 7) is 1.90. The summed E-state index contributed by atoms with van der Waals surface area (Å²) in [5.41, 5.74) is 0.633. The standard InChI is InChI=1S/C13H14N8OS/c1-9-14-5-6-21(9)11-4-3-10(7-15-11)16-12(22)8-23-13-17-18-19-20(13)2/h3-7H,8H2,1-2H3,(H,16,22). The number of imidazole rings is 1. The second-order valence-electron chi connectivity index (χ2n) is 4.67. The number of hydrogen-bond donors (Lipinski definition) is 1. The topological polar surface area (TPSA) is 103 Å². The molecule has 23 heavy (non-hydrogen) atoms. The molecule has 0 bridgehead atoms. The summed E-state index contributed by atoms with van der Waals surface area (Å²) in [4.78, 5) is 20.4. The van der Waals surface area contributed by atoms with E-state index in [2.05, 4.69) is 30.8 Å². The highest BCUT2D eigenvalue weighted by Crippen LogP contribution is 2.14. The lowest BCUT2D eigenvalue weighted by atomic mass is 10.4. The Kier molecular flexibility index (Phi) is 4.33. The third-order valence-corrected chi connectivity index (χ3v) is 4.03. The van der Waals surface area contributed by atoms with E-state index < -0.39 is 0 Å². The molecule has 0 spiro atoms. The predicted octanol–water partition coefficient (Wildman–Crippen LogP) is 0.830. The van der Waals surface area contributed by atoms with E-state index in [0.29, 0.717) is 10.8 Å². The SMILES string of the molecule is Cc1nccn1-c1ccc(NC(=O)CSc2nnnn2C)cn1. The van der Waals surface area contributed by atoms with Crippen LogP contribution in [0.1, 0.15) is 5.82 Å². The van der Waals surface area contributed by atoms with Gasteiger partial charge >= 0.3 is 0 Å². The van der Waals surface area contributed by atoms with Gasteiger partial charge in [0.25, 0.3) is 0 Å². The van der Waals surface area contributed by atoms with Crippen LogP contribution in [0.4, 0.5) is 5.69 Å². The zero-order valence-electron chi connectivity index (χ0n) is 12.5. The van der Waals surface area contributed by atoms with Crippen molar-refractivity contribution in [2.45, 2.75) is 12.1 Å². The van der Waals surface area contributed by atoms with E-state index in [9.17, 15) is 4.79 Å². The second kappa shape index (κ2) is 6.57. The van der Waals surface area contributed by atoms with Gasteiger partial charge in [0.1, 0.15) is 11.6 Å². The van der Waals surface area contributed by atoms with Crippen LogP contribution in [0.15, 0.2) is 35.9 Å². The van der Waals surface area contributed by atoms with Crippen LogP contribution < -0.4 is 5.32 Å². The molecule has 9 nitrogen and oxygen atoms in total. The van der Waals surface area contributed by atoms with Crippen molar-refractivity contribution in [2.24, 2.45) is 7.05 Å². The molecule has 0 atom stereocenters. The Labute approximate surface area is 136 Å². The monoisotopic (exact) mass is 330 g/mol. The minimum absolute atomic E-state index is 0.147. The number of thioether (sulfide) groups is 1. The van der Waals surface area contributed by atoms with Gasteiger partial charge in [-0.2, -0.15) is 0 Å². The first kappa shape index (κ1) is 15.2. The molecule has 0 aliphatic heterocycles. The molecule has 0 radical (unpaired) electrons. The number of tetrazole rings is 1. The van der Waals surface area contributed by atoms with Gasteiger partial charge in [-0.25, -0.2) is 14.6 Å². The molecule has 118 valence electrons. The molecule has 0 unspecified atom stereocenters. The van der Waals surface area contributed by atoms with Crippen molar-refractivity contribution in [3.8, 4) is 5.82 Å². The molecule has 1 N–H and O–H groups in total. The van der Waals surface area contributed by atoms with Gasteiger partial charge in [-0.15, -0.1) is 5.10 Å². The number of hydrogen-bond acceptors (Lipinski definition) is 7. The van der Waals surface area contributed by atoms with Gasteiger partial charge in [0.05, 0.1) is 17.6 Å². The number of nitrogens with zero attached hydrogens (tertiary/aromatic N) is 7. The fourth-order valence-corrected chi connectivity index (χ4v) is 2.54. The van der Waals surface area contributed by atoms with Crippen molar-refractivity contribution in [2.75, 3.05) is 11.1 Å². The predicted molar refractivity (Wildman–Crippen MR) is 84.2 cm³/mol. The minimum atomic E-state index is -0.147. The van der Waals surface area contributed by atoms with Crippen LogP contribution in [-0.4, -0.2) is 46.4 Å². The van der Waals surface area contributed by atoms with Crippen molar-refractivity contribution in [3.05, 3.63) is 36.5 Å². The Morgan fingerprint density at radius 3 is 2.83 bits per heavy atom. The first-order valence-electron chi connectivity index (χ1n) is 6.75. The second-order valence-corrected chi connectivity index (χ2v) is 5.61. The molecule has 0 aliphatic rings. The van der Waals surface area contributed by atoms with E-state index in [-0.39, 0.29) is 11.7 Å². The first-order chi connectivity index (χ1) is 11.1. The molecule has 0 saturated carbocycles. The van der Waals surface area contributed by atoms with Crippen LogP contribution in [0, 0.1) is 6.92 Å². The molecule has 3 heterocycles. The number of anilines is 1. The van der Waals surface area contributed by atoms with Gasteiger partial charge in [-0.1, -0.05) is 11.8 Å². The fourth-order valence-electron chi connectivity index (χ4n) is 1.89. The first-order valence-corrected chi connectivity index (χ1v) is 7.73. The fraction of sp³-hybridized carbons (Fsp3) is 0.231.